The van der Waals surface area contributed by atoms with E-state index in [1.165, 1.54) is 5.57 Å². The van der Waals surface area contributed by atoms with Crippen molar-refractivity contribution < 1.29 is 9.59 Å². The molecule has 0 radical (unpaired) electrons. The van der Waals surface area contributed by atoms with Gasteiger partial charge in [0.15, 0.2) is 0 Å². The summed E-state index contributed by atoms with van der Waals surface area (Å²) in [7, 11) is 0. The van der Waals surface area contributed by atoms with Gasteiger partial charge in [0.25, 0.3) is 5.91 Å². The van der Waals surface area contributed by atoms with Gasteiger partial charge in [-0.3, -0.25) is 10.1 Å². The largest absolute Gasteiger partial charge is 0.322 e. The van der Waals surface area contributed by atoms with Gasteiger partial charge in [0.2, 0.25) is 0 Å². The number of hydrogen-bond donors (Lipinski definition) is 3. The smallest absolute Gasteiger partial charge is 0.322 e. The first-order chi connectivity index (χ1) is 9.24. The van der Waals surface area contributed by atoms with E-state index in [9.17, 15) is 9.59 Å². The summed E-state index contributed by atoms with van der Waals surface area (Å²) in [6.07, 6.45) is 3.14. The molecule has 2 heterocycles. The first-order valence-corrected chi connectivity index (χ1v) is 6.35. The predicted molar refractivity (Wildman–Crippen MR) is 71.3 cm³/mol. The van der Waals surface area contributed by atoms with Gasteiger partial charge < -0.3 is 10.6 Å². The molecule has 3 rings (SSSR count). The van der Waals surface area contributed by atoms with Crippen molar-refractivity contribution in [3.63, 3.8) is 0 Å². The van der Waals surface area contributed by atoms with Crippen LogP contribution in [0.3, 0.4) is 0 Å². The zero-order valence-electron chi connectivity index (χ0n) is 10.4. The van der Waals surface area contributed by atoms with Crippen LogP contribution in [0.1, 0.15) is 23.6 Å². The Kier molecular flexibility index (Phi) is 3.05. The van der Waals surface area contributed by atoms with E-state index in [4.69, 9.17) is 0 Å². The molecule has 3 N–H and O–H groups in total. The lowest BCUT2D eigenvalue weighted by molar-refractivity contribution is -0.120. The molecule has 0 bridgehead atoms. The molecule has 1 atom stereocenters. The van der Waals surface area contributed by atoms with Crippen molar-refractivity contribution in [3.05, 3.63) is 41.5 Å². The van der Waals surface area contributed by atoms with Crippen molar-refractivity contribution >= 4 is 17.5 Å². The molecule has 1 aromatic rings. The molecular weight excluding hydrogens is 242 g/mol. The molecule has 0 aromatic heterocycles. The molecule has 5 nitrogen and oxygen atoms in total. The first-order valence-electron chi connectivity index (χ1n) is 6.35. The van der Waals surface area contributed by atoms with Gasteiger partial charge >= 0.3 is 6.03 Å². The fourth-order valence-corrected chi connectivity index (χ4v) is 2.45. The number of nitrogens with one attached hydrogen (secondary N) is 3. The van der Waals surface area contributed by atoms with E-state index in [0.29, 0.717) is 0 Å². The van der Waals surface area contributed by atoms with E-state index in [-0.39, 0.29) is 5.91 Å². The minimum absolute atomic E-state index is 0.290. The minimum atomic E-state index is -0.574. The van der Waals surface area contributed by atoms with Crippen molar-refractivity contribution in [1.82, 2.24) is 16.0 Å². The third-order valence-electron chi connectivity index (χ3n) is 3.43. The average molecular weight is 257 g/mol. The second-order valence-electron chi connectivity index (χ2n) is 4.70. The van der Waals surface area contributed by atoms with Crippen LogP contribution in [0.4, 0.5) is 4.79 Å². The Bertz CT molecular complexity index is 566. The highest BCUT2D eigenvalue weighted by Gasteiger charge is 2.30. The van der Waals surface area contributed by atoms with Gasteiger partial charge in [-0.2, -0.15) is 0 Å². The SMILES string of the molecule is O=C1NC(=O)C(c2cccc(C3=CCNCC3)c2)N1. The highest BCUT2D eigenvalue weighted by atomic mass is 16.2. The summed E-state index contributed by atoms with van der Waals surface area (Å²) in [4.78, 5) is 22.8. The summed E-state index contributed by atoms with van der Waals surface area (Å²) < 4.78 is 0. The number of amides is 3. The Morgan fingerprint density at radius 1 is 1.21 bits per heavy atom. The van der Waals surface area contributed by atoms with E-state index in [0.717, 1.165) is 30.6 Å². The fraction of sp³-hybridized carbons (Fsp3) is 0.286. The second kappa shape index (κ2) is 4.85. The van der Waals surface area contributed by atoms with Crippen LogP contribution in [-0.2, 0) is 4.79 Å². The highest BCUT2D eigenvalue weighted by molar-refractivity contribution is 6.04. The molecule has 0 saturated carbocycles. The lowest BCUT2D eigenvalue weighted by Gasteiger charge is -2.16. The highest BCUT2D eigenvalue weighted by Crippen LogP contribution is 2.24. The van der Waals surface area contributed by atoms with Crippen LogP contribution >= 0.6 is 0 Å². The van der Waals surface area contributed by atoms with E-state index in [2.05, 4.69) is 22.0 Å². The molecule has 98 valence electrons. The third-order valence-corrected chi connectivity index (χ3v) is 3.43. The Labute approximate surface area is 111 Å². The summed E-state index contributed by atoms with van der Waals surface area (Å²) in [5, 5.41) is 8.14. The second-order valence-corrected chi connectivity index (χ2v) is 4.70. The number of rotatable bonds is 2. The van der Waals surface area contributed by atoms with Crippen LogP contribution in [0, 0.1) is 0 Å². The quantitative estimate of drug-likeness (QED) is 0.691. The van der Waals surface area contributed by atoms with E-state index in [1.807, 2.05) is 24.3 Å². The summed E-state index contributed by atoms with van der Waals surface area (Å²) in [5.41, 5.74) is 3.22. The number of carbonyl (C=O) groups excluding carboxylic acids is 2. The number of carbonyl (C=O) groups is 2. The number of urea groups is 1. The summed E-state index contributed by atoms with van der Waals surface area (Å²) in [5.74, 6) is -0.290. The van der Waals surface area contributed by atoms with E-state index < -0.39 is 12.1 Å². The summed E-state index contributed by atoms with van der Waals surface area (Å²) in [6, 6.07) is 6.80. The molecular formula is C14H15N3O2. The van der Waals surface area contributed by atoms with Crippen LogP contribution < -0.4 is 16.0 Å². The van der Waals surface area contributed by atoms with Gasteiger partial charge in [0, 0.05) is 6.54 Å². The maximum atomic E-state index is 11.7. The molecule has 2 aliphatic rings. The molecule has 1 saturated heterocycles. The standard InChI is InChI=1S/C14H15N3O2/c18-13-12(16-14(19)17-13)11-3-1-2-10(8-11)9-4-6-15-7-5-9/h1-4,8,12,15H,5-7H2,(H2,16,17,18,19). The van der Waals surface area contributed by atoms with Gasteiger partial charge in [-0.15, -0.1) is 0 Å². The summed E-state index contributed by atoms with van der Waals surface area (Å²) in [6.45, 7) is 1.84. The Morgan fingerprint density at radius 3 is 2.79 bits per heavy atom. The average Bonchev–Trinajstić information content (AvgIpc) is 2.79. The number of imide groups is 1. The van der Waals surface area contributed by atoms with E-state index in [1.54, 1.807) is 0 Å². The topological polar surface area (TPSA) is 70.2 Å². The molecule has 0 aliphatic carbocycles. The van der Waals surface area contributed by atoms with E-state index >= 15 is 0 Å². The van der Waals surface area contributed by atoms with Crippen molar-refractivity contribution in [2.45, 2.75) is 12.5 Å². The molecule has 0 spiro atoms. The van der Waals surface area contributed by atoms with Gasteiger partial charge in [0.05, 0.1) is 0 Å². The minimum Gasteiger partial charge on any atom is -0.322 e. The molecule has 1 fully saturated rings. The Hall–Kier alpha value is -2.14. The third kappa shape index (κ3) is 2.37. The normalized spacial score (nSPS) is 22.7. The maximum absolute atomic E-state index is 11.7. The lowest BCUT2D eigenvalue weighted by atomic mass is 9.96. The lowest BCUT2D eigenvalue weighted by Crippen LogP contribution is -2.22. The number of benzene rings is 1. The fourth-order valence-electron chi connectivity index (χ4n) is 2.45. The Morgan fingerprint density at radius 2 is 2.11 bits per heavy atom. The van der Waals surface area contributed by atoms with Gasteiger partial charge in [-0.25, -0.2) is 4.79 Å². The number of hydrogen-bond acceptors (Lipinski definition) is 3. The molecule has 19 heavy (non-hydrogen) atoms. The van der Waals surface area contributed by atoms with Crippen LogP contribution in [-0.4, -0.2) is 25.0 Å². The summed E-state index contributed by atoms with van der Waals surface area (Å²) >= 11 is 0. The van der Waals surface area contributed by atoms with Crippen LogP contribution in [0.5, 0.6) is 0 Å². The zero-order valence-corrected chi connectivity index (χ0v) is 10.4. The van der Waals surface area contributed by atoms with Gasteiger partial charge in [-0.05, 0) is 35.7 Å². The van der Waals surface area contributed by atoms with Crippen molar-refractivity contribution in [2.24, 2.45) is 0 Å². The van der Waals surface area contributed by atoms with Crippen LogP contribution in [0.25, 0.3) is 5.57 Å². The first kappa shape index (κ1) is 11.9. The molecule has 5 heteroatoms. The Balaban J connectivity index is 1.89. The zero-order chi connectivity index (χ0) is 13.2. The monoisotopic (exact) mass is 257 g/mol. The van der Waals surface area contributed by atoms with Gasteiger partial charge in [-0.1, -0.05) is 24.3 Å². The van der Waals surface area contributed by atoms with Crippen molar-refractivity contribution in [2.75, 3.05) is 13.1 Å². The van der Waals surface area contributed by atoms with Crippen LogP contribution in [0.2, 0.25) is 0 Å². The molecule has 3 amide bonds. The molecule has 2 aliphatic heterocycles. The molecule has 1 aromatic carbocycles. The van der Waals surface area contributed by atoms with Gasteiger partial charge in [0.1, 0.15) is 6.04 Å². The predicted octanol–water partition coefficient (Wildman–Crippen LogP) is 0.944. The van der Waals surface area contributed by atoms with Crippen molar-refractivity contribution in [1.29, 1.82) is 0 Å². The van der Waals surface area contributed by atoms with Crippen molar-refractivity contribution in [3.8, 4) is 0 Å². The maximum Gasteiger partial charge on any atom is 0.322 e. The molecule has 1 unspecified atom stereocenters. The van der Waals surface area contributed by atoms with Crippen LogP contribution in [0.15, 0.2) is 30.3 Å².